The van der Waals surface area contributed by atoms with Crippen LogP contribution in [0, 0.1) is 0 Å². The van der Waals surface area contributed by atoms with Crippen LogP contribution in [0.25, 0.3) is 0 Å². The molecule has 0 saturated carbocycles. The van der Waals surface area contributed by atoms with Crippen LogP contribution in [0.5, 0.6) is 0 Å². The van der Waals surface area contributed by atoms with E-state index < -0.39 is 0 Å². The van der Waals surface area contributed by atoms with Crippen molar-refractivity contribution in [3.63, 3.8) is 0 Å². The Kier molecular flexibility index (Phi) is 5.88. The van der Waals surface area contributed by atoms with Crippen molar-refractivity contribution >= 4 is 0 Å². The Labute approximate surface area is 87.3 Å². The predicted molar refractivity (Wildman–Crippen MR) is 58.5 cm³/mol. The molecule has 0 saturated heterocycles. The Hall–Kier alpha value is -0.340. The minimum Gasteiger partial charge on any atom is -0.377 e. The Morgan fingerprint density at radius 3 is 2.93 bits per heavy atom. The van der Waals surface area contributed by atoms with Crippen molar-refractivity contribution in [2.45, 2.75) is 39.5 Å². The van der Waals surface area contributed by atoms with Gasteiger partial charge in [0.15, 0.2) is 0 Å². The molecule has 1 aliphatic rings. The molecule has 0 aromatic rings. The Balaban J connectivity index is 2.10. The first-order valence-corrected chi connectivity index (χ1v) is 5.67. The molecule has 1 heterocycles. The monoisotopic (exact) mass is 198 g/mol. The molecule has 0 fully saturated rings. The van der Waals surface area contributed by atoms with Crippen LogP contribution in [0.2, 0.25) is 0 Å². The fourth-order valence-electron chi connectivity index (χ4n) is 1.53. The van der Waals surface area contributed by atoms with Crippen LogP contribution >= 0.6 is 0 Å². The van der Waals surface area contributed by atoms with E-state index in [0.29, 0.717) is 0 Å². The Bertz CT molecular complexity index is 185. The van der Waals surface area contributed by atoms with Crippen LogP contribution in [0.15, 0.2) is 11.1 Å². The number of hydrogen-bond acceptors (Lipinski definition) is 2. The third kappa shape index (κ3) is 4.25. The highest BCUT2D eigenvalue weighted by atomic mass is 16.5. The molecule has 0 spiro atoms. The van der Waals surface area contributed by atoms with Crippen molar-refractivity contribution in [1.29, 1.82) is 0 Å². The first kappa shape index (κ1) is 11.7. The van der Waals surface area contributed by atoms with Crippen molar-refractivity contribution in [1.82, 2.24) is 0 Å². The summed E-state index contributed by atoms with van der Waals surface area (Å²) >= 11 is 0. The molecule has 0 aromatic heterocycles. The molecule has 0 unspecified atom stereocenters. The van der Waals surface area contributed by atoms with Gasteiger partial charge in [-0.1, -0.05) is 25.3 Å². The van der Waals surface area contributed by atoms with Gasteiger partial charge in [0.25, 0.3) is 0 Å². The molecule has 82 valence electrons. The molecule has 0 amide bonds. The van der Waals surface area contributed by atoms with Gasteiger partial charge in [0, 0.05) is 6.61 Å². The van der Waals surface area contributed by atoms with Gasteiger partial charge in [-0.25, -0.2) is 0 Å². The van der Waals surface area contributed by atoms with Gasteiger partial charge >= 0.3 is 0 Å². The van der Waals surface area contributed by atoms with Gasteiger partial charge in [-0.15, -0.1) is 0 Å². The molecule has 0 N–H and O–H groups in total. The van der Waals surface area contributed by atoms with Crippen molar-refractivity contribution < 1.29 is 9.47 Å². The fraction of sp³-hybridized carbons (Fsp3) is 0.833. The SMILES string of the molecule is CCCCCOCC1=C(C)CCOC1. The van der Waals surface area contributed by atoms with Gasteiger partial charge in [0.05, 0.1) is 19.8 Å². The highest BCUT2D eigenvalue weighted by molar-refractivity contribution is 5.15. The lowest BCUT2D eigenvalue weighted by Gasteiger charge is -2.18. The number of unbranched alkanes of at least 4 members (excludes halogenated alkanes) is 2. The van der Waals surface area contributed by atoms with E-state index in [1.807, 2.05) is 0 Å². The second-order valence-electron chi connectivity index (χ2n) is 3.95. The van der Waals surface area contributed by atoms with Crippen LogP contribution in [-0.4, -0.2) is 26.4 Å². The van der Waals surface area contributed by atoms with E-state index in [1.54, 1.807) is 0 Å². The summed E-state index contributed by atoms with van der Waals surface area (Å²) in [6, 6.07) is 0. The maximum absolute atomic E-state index is 5.61. The van der Waals surface area contributed by atoms with Gasteiger partial charge in [0.2, 0.25) is 0 Å². The molecule has 0 radical (unpaired) electrons. The molecule has 0 bridgehead atoms. The minimum absolute atomic E-state index is 0.773. The second kappa shape index (κ2) is 7.02. The zero-order valence-electron chi connectivity index (χ0n) is 9.47. The van der Waals surface area contributed by atoms with E-state index in [1.165, 1.54) is 30.4 Å². The maximum Gasteiger partial charge on any atom is 0.0701 e. The van der Waals surface area contributed by atoms with Crippen molar-refractivity contribution in [3.05, 3.63) is 11.1 Å². The highest BCUT2D eigenvalue weighted by Gasteiger charge is 2.08. The average molecular weight is 198 g/mol. The highest BCUT2D eigenvalue weighted by Crippen LogP contribution is 2.15. The lowest BCUT2D eigenvalue weighted by molar-refractivity contribution is 0.107. The molecule has 0 atom stereocenters. The molecule has 1 rings (SSSR count). The van der Waals surface area contributed by atoms with Gasteiger partial charge < -0.3 is 9.47 Å². The van der Waals surface area contributed by atoms with Crippen LogP contribution in [0.3, 0.4) is 0 Å². The zero-order chi connectivity index (χ0) is 10.2. The van der Waals surface area contributed by atoms with Gasteiger partial charge in [-0.2, -0.15) is 0 Å². The molecule has 0 aromatic carbocycles. The van der Waals surface area contributed by atoms with Gasteiger partial charge in [0.1, 0.15) is 0 Å². The first-order valence-electron chi connectivity index (χ1n) is 5.67. The molecule has 1 aliphatic heterocycles. The molecular formula is C12H22O2. The molecule has 14 heavy (non-hydrogen) atoms. The summed E-state index contributed by atoms with van der Waals surface area (Å²) in [7, 11) is 0. The minimum atomic E-state index is 0.773. The van der Waals surface area contributed by atoms with E-state index in [-0.39, 0.29) is 0 Å². The summed E-state index contributed by atoms with van der Waals surface area (Å²) in [4.78, 5) is 0. The molecular weight excluding hydrogens is 176 g/mol. The Morgan fingerprint density at radius 1 is 1.36 bits per heavy atom. The average Bonchev–Trinajstić information content (AvgIpc) is 2.20. The van der Waals surface area contributed by atoms with Gasteiger partial charge in [-0.3, -0.25) is 0 Å². The summed E-state index contributed by atoms with van der Waals surface area (Å²) in [5.41, 5.74) is 2.82. The smallest absolute Gasteiger partial charge is 0.0701 e. The summed E-state index contributed by atoms with van der Waals surface area (Å²) in [5, 5.41) is 0. The van der Waals surface area contributed by atoms with Crippen LogP contribution in [-0.2, 0) is 9.47 Å². The number of ether oxygens (including phenoxy) is 2. The fourth-order valence-corrected chi connectivity index (χ4v) is 1.53. The second-order valence-corrected chi connectivity index (χ2v) is 3.95. The summed E-state index contributed by atoms with van der Waals surface area (Å²) in [6.45, 7) is 7.72. The van der Waals surface area contributed by atoms with E-state index in [9.17, 15) is 0 Å². The molecule has 2 nitrogen and oxygen atoms in total. The van der Waals surface area contributed by atoms with Crippen LogP contribution in [0.4, 0.5) is 0 Å². The van der Waals surface area contributed by atoms with Crippen molar-refractivity contribution in [3.8, 4) is 0 Å². The first-order chi connectivity index (χ1) is 6.84. The van der Waals surface area contributed by atoms with E-state index in [2.05, 4.69) is 13.8 Å². The summed E-state index contributed by atoms with van der Waals surface area (Å²) in [6.07, 6.45) is 4.79. The van der Waals surface area contributed by atoms with Crippen LogP contribution < -0.4 is 0 Å². The standard InChI is InChI=1S/C12H22O2/c1-3-4-5-7-13-9-12-10-14-8-6-11(12)2/h3-10H2,1-2H3. The van der Waals surface area contributed by atoms with Crippen molar-refractivity contribution in [2.24, 2.45) is 0 Å². The van der Waals surface area contributed by atoms with E-state index in [0.717, 1.165) is 32.8 Å². The third-order valence-corrected chi connectivity index (χ3v) is 2.67. The summed E-state index contributed by atoms with van der Waals surface area (Å²) in [5.74, 6) is 0. The van der Waals surface area contributed by atoms with E-state index in [4.69, 9.17) is 9.47 Å². The number of hydrogen-bond donors (Lipinski definition) is 0. The molecule has 2 heteroatoms. The summed E-state index contributed by atoms with van der Waals surface area (Å²) < 4.78 is 11.0. The lowest BCUT2D eigenvalue weighted by atomic mass is 10.1. The molecule has 0 aliphatic carbocycles. The zero-order valence-corrected chi connectivity index (χ0v) is 9.47. The predicted octanol–water partition coefficient (Wildman–Crippen LogP) is 2.93. The quantitative estimate of drug-likeness (QED) is 0.482. The third-order valence-electron chi connectivity index (χ3n) is 2.67. The largest absolute Gasteiger partial charge is 0.377 e. The van der Waals surface area contributed by atoms with Gasteiger partial charge in [-0.05, 0) is 25.3 Å². The lowest BCUT2D eigenvalue weighted by Crippen LogP contribution is -2.14. The maximum atomic E-state index is 5.61. The van der Waals surface area contributed by atoms with E-state index >= 15 is 0 Å². The Morgan fingerprint density at radius 2 is 2.21 bits per heavy atom. The number of rotatable bonds is 6. The van der Waals surface area contributed by atoms with Crippen molar-refractivity contribution in [2.75, 3.05) is 26.4 Å². The van der Waals surface area contributed by atoms with Crippen LogP contribution in [0.1, 0.15) is 39.5 Å². The topological polar surface area (TPSA) is 18.5 Å². The normalized spacial score (nSPS) is 17.6.